The van der Waals surface area contributed by atoms with E-state index in [1.54, 1.807) is 30.3 Å². The van der Waals surface area contributed by atoms with Crippen LogP contribution in [0, 0.1) is 0 Å². The average molecular weight is 549 g/mol. The second-order valence-electron chi connectivity index (χ2n) is 6.81. The molecule has 2 aromatic rings. The number of methoxy groups -OCH3 is 2. The van der Waals surface area contributed by atoms with Gasteiger partial charge < -0.3 is 19.3 Å². The first-order valence-electron chi connectivity index (χ1n) is 9.98. The highest BCUT2D eigenvalue weighted by molar-refractivity contribution is 9.10. The van der Waals surface area contributed by atoms with Crippen LogP contribution in [0.2, 0.25) is 0 Å². The van der Waals surface area contributed by atoms with E-state index in [0.717, 1.165) is 0 Å². The third-order valence-electron chi connectivity index (χ3n) is 4.63. The van der Waals surface area contributed by atoms with Crippen LogP contribution in [0.15, 0.2) is 50.8 Å². The quantitative estimate of drug-likeness (QED) is 0.382. The highest BCUT2D eigenvalue weighted by Crippen LogP contribution is 2.39. The number of esters is 1. The predicted octanol–water partition coefficient (Wildman–Crippen LogP) is 4.33. The highest BCUT2D eigenvalue weighted by atomic mass is 79.9. The number of carbonyl (C=O) groups excluding carboxylic acids is 2. The summed E-state index contributed by atoms with van der Waals surface area (Å²) in [7, 11) is 2.73. The summed E-state index contributed by atoms with van der Waals surface area (Å²) in [5.74, 6) is -1.11. The summed E-state index contributed by atoms with van der Waals surface area (Å²) in [6.07, 6.45) is 1.70. The number of halogens is 1. The van der Waals surface area contributed by atoms with Crippen LogP contribution in [-0.2, 0) is 14.3 Å². The van der Waals surface area contributed by atoms with Crippen molar-refractivity contribution >= 4 is 62.5 Å². The molecule has 0 aromatic heterocycles. The summed E-state index contributed by atoms with van der Waals surface area (Å²) in [5.41, 5.74) is 1.21. The van der Waals surface area contributed by atoms with Crippen LogP contribution in [0.25, 0.3) is 6.08 Å². The van der Waals surface area contributed by atoms with Gasteiger partial charge in [0.15, 0.2) is 23.3 Å². The number of aromatic carboxylic acids is 1. The molecule has 0 bridgehead atoms. The van der Waals surface area contributed by atoms with Crippen molar-refractivity contribution in [1.82, 2.24) is 4.90 Å². The van der Waals surface area contributed by atoms with Gasteiger partial charge in [0.05, 0.1) is 34.8 Å². The van der Waals surface area contributed by atoms with Crippen LogP contribution < -0.4 is 9.47 Å². The second kappa shape index (κ2) is 11.2. The highest BCUT2D eigenvalue weighted by Gasteiger charge is 2.32. The second-order valence-corrected chi connectivity index (χ2v) is 8.67. The van der Waals surface area contributed by atoms with Crippen LogP contribution in [0.1, 0.15) is 22.8 Å². The van der Waals surface area contributed by atoms with Gasteiger partial charge in [0.1, 0.15) is 0 Å². The Labute approximate surface area is 208 Å². The Morgan fingerprint density at radius 1 is 1.24 bits per heavy atom. The third kappa shape index (κ3) is 5.78. The topological polar surface area (TPSA) is 115 Å². The number of nitrogens with zero attached hydrogens (tertiary/aromatic N) is 2. The molecule has 1 aliphatic rings. The van der Waals surface area contributed by atoms with Gasteiger partial charge in [-0.3, -0.25) is 9.69 Å². The van der Waals surface area contributed by atoms with Gasteiger partial charge in [0.25, 0.3) is 5.91 Å². The number of thioether (sulfide) groups is 1. The first-order chi connectivity index (χ1) is 16.3. The zero-order chi connectivity index (χ0) is 24.8. The van der Waals surface area contributed by atoms with Crippen LogP contribution in [0.4, 0.5) is 5.69 Å². The van der Waals surface area contributed by atoms with E-state index in [-0.39, 0.29) is 18.1 Å². The van der Waals surface area contributed by atoms with Gasteiger partial charge >= 0.3 is 11.9 Å². The van der Waals surface area contributed by atoms with E-state index in [1.807, 2.05) is 6.92 Å². The fourth-order valence-electron chi connectivity index (χ4n) is 2.99. The molecule has 0 saturated carbocycles. The summed E-state index contributed by atoms with van der Waals surface area (Å²) >= 11 is 4.60. The molecule has 1 fully saturated rings. The molecule has 178 valence electrons. The molecule has 9 nitrogen and oxygen atoms in total. The Hall–Kier alpha value is -3.31. The minimum Gasteiger partial charge on any atom is -0.493 e. The van der Waals surface area contributed by atoms with Crippen molar-refractivity contribution in [2.75, 3.05) is 27.4 Å². The van der Waals surface area contributed by atoms with Gasteiger partial charge in [-0.2, -0.15) is 0 Å². The van der Waals surface area contributed by atoms with Crippen LogP contribution >= 0.6 is 27.7 Å². The van der Waals surface area contributed by atoms with Crippen LogP contribution in [0.5, 0.6) is 11.5 Å². The van der Waals surface area contributed by atoms with Crippen LogP contribution in [0.3, 0.4) is 0 Å². The number of benzene rings is 2. The zero-order valence-electron chi connectivity index (χ0n) is 18.5. The third-order valence-corrected chi connectivity index (χ3v) is 6.23. The number of rotatable bonds is 8. The lowest BCUT2D eigenvalue weighted by Gasteiger charge is -2.13. The lowest BCUT2D eigenvalue weighted by molar-refractivity contribution is -0.143. The predicted molar refractivity (Wildman–Crippen MR) is 132 cm³/mol. The van der Waals surface area contributed by atoms with Crippen molar-refractivity contribution in [3.8, 4) is 11.5 Å². The molecule has 0 unspecified atom stereocenters. The molecule has 3 rings (SSSR count). The van der Waals surface area contributed by atoms with Gasteiger partial charge in [0.2, 0.25) is 0 Å². The molecule has 1 heterocycles. The van der Waals surface area contributed by atoms with E-state index in [0.29, 0.717) is 43.8 Å². The molecule has 1 aliphatic heterocycles. The van der Waals surface area contributed by atoms with Gasteiger partial charge in [-0.25, -0.2) is 14.6 Å². The van der Waals surface area contributed by atoms with Crippen LogP contribution in [-0.4, -0.2) is 60.4 Å². The molecular formula is C23H21BrN2O7S. The summed E-state index contributed by atoms with van der Waals surface area (Å²) < 4.78 is 16.0. The summed E-state index contributed by atoms with van der Waals surface area (Å²) in [4.78, 5) is 42.1. The van der Waals surface area contributed by atoms with E-state index in [9.17, 15) is 19.5 Å². The minimum absolute atomic E-state index is 0.112. The number of carbonyl (C=O) groups is 3. The SMILES string of the molecule is CCN1C(=O)/C(=C\c2cc(Br)c(OCC(=O)OC)c(OC)c2)SC1=Nc1cccc(C(=O)O)c1. The van der Waals surface area contributed by atoms with E-state index in [2.05, 4.69) is 25.7 Å². The summed E-state index contributed by atoms with van der Waals surface area (Å²) in [5, 5.41) is 9.65. The maximum absolute atomic E-state index is 13.0. The maximum Gasteiger partial charge on any atom is 0.343 e. The molecule has 0 radical (unpaired) electrons. The molecule has 2 aromatic carbocycles. The largest absolute Gasteiger partial charge is 0.493 e. The number of likely N-dealkylation sites (N-methyl/N-ethyl adjacent to an activating group) is 1. The van der Waals surface area contributed by atoms with Crippen molar-refractivity contribution in [2.45, 2.75) is 6.92 Å². The van der Waals surface area contributed by atoms with Gasteiger partial charge in [-0.1, -0.05) is 6.07 Å². The summed E-state index contributed by atoms with van der Waals surface area (Å²) in [6.45, 7) is 1.94. The van der Waals surface area contributed by atoms with Crippen molar-refractivity contribution in [1.29, 1.82) is 0 Å². The fourth-order valence-corrected chi connectivity index (χ4v) is 4.63. The molecule has 1 N–H and O–H groups in total. The molecule has 0 aliphatic carbocycles. The monoisotopic (exact) mass is 548 g/mol. The van der Waals surface area contributed by atoms with Gasteiger partial charge in [-0.05, 0) is 76.6 Å². The number of aliphatic imine (C=N–C) groups is 1. The smallest absolute Gasteiger partial charge is 0.343 e. The number of amides is 1. The Morgan fingerprint density at radius 2 is 2.00 bits per heavy atom. The van der Waals surface area contributed by atoms with E-state index in [4.69, 9.17) is 9.47 Å². The Morgan fingerprint density at radius 3 is 2.65 bits per heavy atom. The Kier molecular flexibility index (Phi) is 8.35. The van der Waals surface area contributed by atoms with Crippen molar-refractivity contribution < 1.29 is 33.7 Å². The standard InChI is InChI=1S/C23H21BrN2O7S/c1-4-26-21(28)18(34-23(26)25-15-7-5-6-14(11-15)22(29)30)10-13-8-16(24)20(17(9-13)31-2)33-12-19(27)32-3/h5-11H,4,12H2,1-3H3,(H,29,30)/b18-10+,25-23?. The molecule has 34 heavy (non-hydrogen) atoms. The minimum atomic E-state index is -1.05. The molecule has 1 saturated heterocycles. The Balaban J connectivity index is 1.92. The first-order valence-corrected chi connectivity index (χ1v) is 11.6. The van der Waals surface area contributed by atoms with Crippen molar-refractivity contribution in [3.05, 3.63) is 56.9 Å². The van der Waals surface area contributed by atoms with Gasteiger partial charge in [-0.15, -0.1) is 0 Å². The van der Waals surface area contributed by atoms with E-state index >= 15 is 0 Å². The number of hydrogen-bond acceptors (Lipinski definition) is 8. The van der Waals surface area contributed by atoms with Crippen molar-refractivity contribution in [3.63, 3.8) is 0 Å². The molecule has 1 amide bonds. The van der Waals surface area contributed by atoms with Crippen molar-refractivity contribution in [2.24, 2.45) is 4.99 Å². The molecule has 11 heteroatoms. The normalized spacial score (nSPS) is 15.6. The maximum atomic E-state index is 13.0. The van der Waals surface area contributed by atoms with E-state index < -0.39 is 11.9 Å². The van der Waals surface area contributed by atoms with Gasteiger partial charge in [0, 0.05) is 6.54 Å². The number of carboxylic acids is 1. The lowest BCUT2D eigenvalue weighted by Crippen LogP contribution is -2.28. The average Bonchev–Trinajstić information content (AvgIpc) is 3.11. The number of amidine groups is 1. The lowest BCUT2D eigenvalue weighted by atomic mass is 10.2. The first kappa shape index (κ1) is 25.3. The Bertz CT molecular complexity index is 1200. The number of hydrogen-bond donors (Lipinski definition) is 1. The number of carboxylic acid groups (broad SMARTS) is 1. The molecule has 0 atom stereocenters. The molecular weight excluding hydrogens is 528 g/mol. The fraction of sp³-hybridized carbons (Fsp3) is 0.217. The zero-order valence-corrected chi connectivity index (χ0v) is 20.9. The van der Waals surface area contributed by atoms with E-state index in [1.165, 1.54) is 43.0 Å². The molecule has 0 spiro atoms. The summed E-state index contributed by atoms with van der Waals surface area (Å²) in [6, 6.07) is 9.62. The number of ether oxygens (including phenoxy) is 3.